The molecule has 0 aromatic carbocycles. The third-order valence-corrected chi connectivity index (χ3v) is 3.73. The zero-order valence-corrected chi connectivity index (χ0v) is 7.41. The van der Waals surface area contributed by atoms with Crippen LogP contribution in [0.2, 0.25) is 0 Å². The van der Waals surface area contributed by atoms with Crippen molar-refractivity contribution in [3.8, 4) is 0 Å². The van der Waals surface area contributed by atoms with Crippen LogP contribution in [-0.2, 0) is 20.9 Å². The first-order chi connectivity index (χ1) is 4.34. The van der Waals surface area contributed by atoms with Crippen LogP contribution in [0.15, 0.2) is 0 Å². The van der Waals surface area contributed by atoms with Gasteiger partial charge >= 0.3 is 0 Å². The monoisotopic (exact) mass is 186 g/mol. The van der Waals surface area contributed by atoms with Gasteiger partial charge in [-0.25, -0.2) is 12.6 Å². The van der Waals surface area contributed by atoms with Crippen LogP contribution in [0.1, 0.15) is 6.92 Å². The fourth-order valence-corrected chi connectivity index (χ4v) is 2.06. The molecule has 0 rings (SSSR count). The van der Waals surface area contributed by atoms with Gasteiger partial charge in [-0.1, -0.05) is 0 Å². The number of hydrogen-bond donors (Lipinski definition) is 1. The van der Waals surface area contributed by atoms with Crippen molar-refractivity contribution in [3.05, 3.63) is 0 Å². The first kappa shape index (κ1) is 10.1. The van der Waals surface area contributed by atoms with Gasteiger partial charge in [0.25, 0.3) is 0 Å². The minimum atomic E-state index is -3.15. The van der Waals surface area contributed by atoms with Crippen molar-refractivity contribution in [1.29, 1.82) is 0 Å². The molecule has 0 radical (unpaired) electrons. The molecule has 4 nitrogen and oxygen atoms in total. The van der Waals surface area contributed by atoms with E-state index in [9.17, 15) is 12.6 Å². The molecule has 0 saturated carbocycles. The van der Waals surface area contributed by atoms with Crippen molar-refractivity contribution >= 4 is 20.9 Å². The van der Waals surface area contributed by atoms with Gasteiger partial charge in [0, 0.05) is 6.26 Å². The van der Waals surface area contributed by atoms with Gasteiger partial charge in [0.15, 0.2) is 20.9 Å². The first-order valence-electron chi connectivity index (χ1n) is 2.60. The highest BCUT2D eigenvalue weighted by Crippen LogP contribution is 1.98. The summed E-state index contributed by atoms with van der Waals surface area (Å²) >= 11 is -2.02. The van der Waals surface area contributed by atoms with Crippen LogP contribution < -0.4 is 0 Å². The molecule has 0 spiro atoms. The Bertz CT molecular complexity index is 217. The van der Waals surface area contributed by atoms with Gasteiger partial charge in [-0.05, 0) is 6.92 Å². The Morgan fingerprint density at radius 3 is 2.10 bits per heavy atom. The lowest BCUT2D eigenvalue weighted by molar-refractivity contribution is 0.558. The molecule has 0 fully saturated rings. The van der Waals surface area contributed by atoms with Crippen LogP contribution in [0, 0.1) is 0 Å². The molecule has 0 saturated heterocycles. The van der Waals surface area contributed by atoms with Crippen LogP contribution in [0.4, 0.5) is 0 Å². The molecule has 0 bridgehead atoms. The average molecular weight is 186 g/mol. The molecule has 2 atom stereocenters. The molecular formula is C4H10O4S2. The lowest BCUT2D eigenvalue weighted by atomic mass is 10.6. The summed E-state index contributed by atoms with van der Waals surface area (Å²) in [7, 11) is -3.15. The third-order valence-electron chi connectivity index (χ3n) is 1.11. The fraction of sp³-hybridized carbons (Fsp3) is 1.00. The lowest BCUT2D eigenvalue weighted by Gasteiger charge is -2.04. The van der Waals surface area contributed by atoms with Crippen molar-refractivity contribution in [2.24, 2.45) is 0 Å². The van der Waals surface area contributed by atoms with Gasteiger partial charge in [-0.15, -0.1) is 0 Å². The quantitative estimate of drug-likeness (QED) is 0.611. The second-order valence-corrected chi connectivity index (χ2v) is 5.57. The van der Waals surface area contributed by atoms with Crippen molar-refractivity contribution in [2.75, 3.05) is 12.0 Å². The van der Waals surface area contributed by atoms with E-state index in [0.717, 1.165) is 6.26 Å². The van der Waals surface area contributed by atoms with Crippen molar-refractivity contribution in [3.63, 3.8) is 0 Å². The normalized spacial score (nSPS) is 18.3. The zero-order chi connectivity index (χ0) is 8.36. The summed E-state index contributed by atoms with van der Waals surface area (Å²) in [5.74, 6) is -0.209. The molecule has 0 aliphatic rings. The smallest absolute Gasteiger partial charge is 0.154 e. The zero-order valence-electron chi connectivity index (χ0n) is 5.77. The van der Waals surface area contributed by atoms with Gasteiger partial charge in [0.1, 0.15) is 0 Å². The summed E-state index contributed by atoms with van der Waals surface area (Å²) in [5.41, 5.74) is 0. The summed E-state index contributed by atoms with van der Waals surface area (Å²) in [6.07, 6.45) is 1.05. The number of sulfone groups is 1. The molecule has 1 N–H and O–H groups in total. The maximum atomic E-state index is 10.6. The maximum Gasteiger partial charge on any atom is 0.154 e. The van der Waals surface area contributed by atoms with Gasteiger partial charge in [-0.3, -0.25) is 0 Å². The molecule has 0 aromatic heterocycles. The Labute approximate surface area is 62.8 Å². The molecule has 0 aliphatic heterocycles. The second-order valence-electron chi connectivity index (χ2n) is 2.13. The van der Waals surface area contributed by atoms with E-state index in [1.165, 1.54) is 6.92 Å². The van der Waals surface area contributed by atoms with Crippen LogP contribution in [0.5, 0.6) is 0 Å². The van der Waals surface area contributed by atoms with Crippen molar-refractivity contribution < 1.29 is 17.2 Å². The van der Waals surface area contributed by atoms with Crippen LogP contribution >= 0.6 is 0 Å². The summed E-state index contributed by atoms with van der Waals surface area (Å²) < 4.78 is 39.6. The average Bonchev–Trinajstić information content (AvgIpc) is 1.60. The highest BCUT2D eigenvalue weighted by atomic mass is 32.2. The van der Waals surface area contributed by atoms with Crippen LogP contribution in [0.3, 0.4) is 0 Å². The predicted molar refractivity (Wildman–Crippen MR) is 39.9 cm³/mol. The molecule has 6 heteroatoms. The summed E-state index contributed by atoms with van der Waals surface area (Å²) in [5, 5.41) is -0.738. The highest BCUT2D eigenvalue weighted by Gasteiger charge is 2.16. The van der Waals surface area contributed by atoms with E-state index in [0.29, 0.717) is 0 Å². The summed E-state index contributed by atoms with van der Waals surface area (Å²) in [6, 6.07) is 0. The van der Waals surface area contributed by atoms with Gasteiger partial charge in [0.2, 0.25) is 0 Å². The van der Waals surface area contributed by atoms with Gasteiger partial charge in [-0.2, -0.15) is 0 Å². The van der Waals surface area contributed by atoms with Crippen LogP contribution in [0.25, 0.3) is 0 Å². The topological polar surface area (TPSA) is 71.4 Å². The van der Waals surface area contributed by atoms with E-state index < -0.39 is 26.2 Å². The third kappa shape index (κ3) is 3.97. The molecule has 0 aromatic rings. The Morgan fingerprint density at radius 1 is 1.60 bits per heavy atom. The molecule has 0 heterocycles. The van der Waals surface area contributed by atoms with Crippen molar-refractivity contribution in [1.82, 2.24) is 0 Å². The number of rotatable bonds is 3. The Balaban J connectivity index is 4.12. The molecule has 2 unspecified atom stereocenters. The van der Waals surface area contributed by atoms with Crippen molar-refractivity contribution in [2.45, 2.75) is 12.2 Å². The molecule has 0 aliphatic carbocycles. The van der Waals surface area contributed by atoms with E-state index >= 15 is 0 Å². The Hall–Kier alpha value is 0.0600. The Kier molecular flexibility index (Phi) is 3.47. The summed E-state index contributed by atoms with van der Waals surface area (Å²) in [4.78, 5) is 0. The fourth-order valence-electron chi connectivity index (χ4n) is 0.324. The van der Waals surface area contributed by atoms with Gasteiger partial charge < -0.3 is 4.55 Å². The standard InChI is InChI=1S/C4H10O4S2/c1-4(3-9(5)6)10(2,7)8/h4H,3H2,1-2H3,(H,5,6). The minimum Gasteiger partial charge on any atom is -0.306 e. The summed E-state index contributed by atoms with van der Waals surface area (Å²) in [6.45, 7) is 1.41. The first-order valence-corrected chi connectivity index (χ1v) is 5.83. The minimum absolute atomic E-state index is 0.209. The molecular weight excluding hydrogens is 176 g/mol. The largest absolute Gasteiger partial charge is 0.306 e. The molecule has 62 valence electrons. The van der Waals surface area contributed by atoms with Gasteiger partial charge in [0.05, 0.1) is 11.0 Å². The van der Waals surface area contributed by atoms with E-state index in [1.54, 1.807) is 0 Å². The predicted octanol–water partition coefficient (Wildman–Crippen LogP) is -0.359. The SMILES string of the molecule is CC(CS(=O)O)S(C)(=O)=O. The molecule has 10 heavy (non-hydrogen) atoms. The van der Waals surface area contributed by atoms with E-state index in [1.807, 2.05) is 0 Å². The second kappa shape index (κ2) is 3.45. The lowest BCUT2D eigenvalue weighted by Crippen LogP contribution is -2.22. The number of hydrogen-bond acceptors (Lipinski definition) is 3. The highest BCUT2D eigenvalue weighted by molar-refractivity contribution is 7.92. The Morgan fingerprint density at radius 2 is 2.00 bits per heavy atom. The van der Waals surface area contributed by atoms with E-state index in [-0.39, 0.29) is 5.75 Å². The van der Waals surface area contributed by atoms with E-state index in [2.05, 4.69) is 0 Å². The molecule has 0 amide bonds. The van der Waals surface area contributed by atoms with E-state index in [4.69, 9.17) is 4.55 Å². The van der Waals surface area contributed by atoms with Crippen LogP contribution in [-0.4, -0.2) is 34.4 Å². The maximum absolute atomic E-state index is 10.6.